The van der Waals surface area contributed by atoms with Crippen LogP contribution in [0.25, 0.3) is 5.69 Å². The highest BCUT2D eigenvalue weighted by molar-refractivity contribution is 5.94. The Hall–Kier alpha value is -1.99. The van der Waals surface area contributed by atoms with Crippen LogP contribution in [0.1, 0.15) is 10.4 Å². The summed E-state index contributed by atoms with van der Waals surface area (Å²) >= 11 is 0. The Labute approximate surface area is 127 Å². The van der Waals surface area contributed by atoms with Crippen LogP contribution in [0, 0.1) is 11.8 Å². The zero-order chi connectivity index (χ0) is 13.5. The molecular weight excluding hydrogens is 292 g/mol. The molecule has 0 bridgehead atoms. The molecule has 2 aliphatic rings. The van der Waals surface area contributed by atoms with Gasteiger partial charge in [-0.1, -0.05) is 0 Å². The average Bonchev–Trinajstić information content (AvgIpc) is 2.97. The molecule has 1 aromatic carbocycles. The van der Waals surface area contributed by atoms with Crippen molar-refractivity contribution in [3.63, 3.8) is 0 Å². The third-order valence-electron chi connectivity index (χ3n) is 4.13. The highest BCUT2D eigenvalue weighted by Crippen LogP contribution is 2.41. The van der Waals surface area contributed by atoms with Crippen molar-refractivity contribution in [2.24, 2.45) is 11.8 Å². The topological polar surface area (TPSA) is 84.7 Å². The number of rotatable bonds is 3. The lowest BCUT2D eigenvalue weighted by atomic mass is 10.2. The molecule has 1 saturated heterocycles. The first-order valence-electron chi connectivity index (χ1n) is 6.68. The molecule has 0 radical (unpaired) electrons. The van der Waals surface area contributed by atoms with E-state index in [2.05, 4.69) is 26.2 Å². The van der Waals surface area contributed by atoms with E-state index in [1.165, 1.54) is 6.33 Å². The number of hydrogen-bond acceptors (Lipinski definition) is 5. The summed E-state index contributed by atoms with van der Waals surface area (Å²) in [5.41, 5.74) is 1.50. The van der Waals surface area contributed by atoms with Gasteiger partial charge in [0.15, 0.2) is 0 Å². The van der Waals surface area contributed by atoms with Gasteiger partial charge in [-0.3, -0.25) is 4.79 Å². The zero-order valence-corrected chi connectivity index (χ0v) is 12.0. The van der Waals surface area contributed by atoms with Crippen molar-refractivity contribution in [1.29, 1.82) is 0 Å². The van der Waals surface area contributed by atoms with Crippen molar-refractivity contribution in [2.75, 3.05) is 13.1 Å². The van der Waals surface area contributed by atoms with Crippen LogP contribution in [-0.4, -0.2) is 45.2 Å². The maximum absolute atomic E-state index is 12.1. The molecule has 1 aliphatic carbocycles. The molecule has 2 atom stereocenters. The number of benzene rings is 1. The Kier molecular flexibility index (Phi) is 3.60. The molecule has 8 heteroatoms. The Morgan fingerprint density at radius 3 is 2.57 bits per heavy atom. The summed E-state index contributed by atoms with van der Waals surface area (Å²) in [6, 6.07) is 7.61. The average molecular weight is 307 g/mol. The lowest BCUT2D eigenvalue weighted by Crippen LogP contribution is -2.32. The second-order valence-corrected chi connectivity index (χ2v) is 5.29. The standard InChI is InChI=1S/C13H14N6O.ClH/c20-13(16-12-10-5-14-6-11(10)12)8-1-3-9(4-2-8)19-7-15-17-18-19;/h1-4,7,10-12,14H,5-6H2,(H,16,20);1H. The van der Waals surface area contributed by atoms with Crippen LogP contribution in [0.4, 0.5) is 0 Å². The van der Waals surface area contributed by atoms with E-state index >= 15 is 0 Å². The number of aromatic nitrogens is 4. The van der Waals surface area contributed by atoms with Gasteiger partial charge >= 0.3 is 0 Å². The number of carbonyl (C=O) groups is 1. The minimum Gasteiger partial charge on any atom is -0.349 e. The Morgan fingerprint density at radius 1 is 1.24 bits per heavy atom. The SMILES string of the molecule is Cl.O=C(NC1C2CNCC21)c1ccc(-n2cnnn2)cc1. The first kappa shape index (κ1) is 14.0. The highest BCUT2D eigenvalue weighted by Gasteiger charge is 2.53. The van der Waals surface area contributed by atoms with Crippen LogP contribution in [-0.2, 0) is 0 Å². The molecule has 2 heterocycles. The monoisotopic (exact) mass is 306 g/mol. The molecule has 7 nitrogen and oxygen atoms in total. The smallest absolute Gasteiger partial charge is 0.251 e. The van der Waals surface area contributed by atoms with Gasteiger partial charge in [0.05, 0.1) is 5.69 Å². The summed E-state index contributed by atoms with van der Waals surface area (Å²) in [5, 5.41) is 17.4. The summed E-state index contributed by atoms with van der Waals surface area (Å²) in [4.78, 5) is 12.1. The number of hydrogen-bond donors (Lipinski definition) is 2. The largest absolute Gasteiger partial charge is 0.349 e. The molecule has 110 valence electrons. The van der Waals surface area contributed by atoms with E-state index in [0.717, 1.165) is 18.8 Å². The quantitative estimate of drug-likeness (QED) is 0.836. The third kappa shape index (κ3) is 2.50. The number of halogens is 1. The molecule has 1 amide bonds. The fourth-order valence-corrected chi connectivity index (χ4v) is 2.91. The predicted molar refractivity (Wildman–Crippen MR) is 77.5 cm³/mol. The summed E-state index contributed by atoms with van der Waals surface area (Å²) < 4.78 is 1.55. The first-order chi connectivity index (χ1) is 9.83. The van der Waals surface area contributed by atoms with Crippen LogP contribution >= 0.6 is 12.4 Å². The van der Waals surface area contributed by atoms with Crippen molar-refractivity contribution in [3.8, 4) is 5.69 Å². The van der Waals surface area contributed by atoms with E-state index < -0.39 is 0 Å². The lowest BCUT2D eigenvalue weighted by Gasteiger charge is -2.08. The van der Waals surface area contributed by atoms with Gasteiger partial charge in [-0.15, -0.1) is 17.5 Å². The fraction of sp³-hybridized carbons (Fsp3) is 0.385. The van der Waals surface area contributed by atoms with Crippen LogP contribution in [0.3, 0.4) is 0 Å². The van der Waals surface area contributed by atoms with Gasteiger partial charge in [-0.25, -0.2) is 4.68 Å². The second kappa shape index (κ2) is 5.42. The summed E-state index contributed by atoms with van der Waals surface area (Å²) in [6.45, 7) is 2.04. The number of nitrogens with zero attached hydrogens (tertiary/aromatic N) is 4. The first-order valence-corrected chi connectivity index (χ1v) is 6.68. The van der Waals surface area contributed by atoms with Crippen molar-refractivity contribution >= 4 is 18.3 Å². The van der Waals surface area contributed by atoms with Gasteiger partial charge in [-0.2, -0.15) is 0 Å². The second-order valence-electron chi connectivity index (χ2n) is 5.29. The number of nitrogens with one attached hydrogen (secondary N) is 2. The maximum atomic E-state index is 12.1. The normalized spacial score (nSPS) is 25.8. The Bertz CT molecular complexity index is 619. The van der Waals surface area contributed by atoms with Crippen LogP contribution in [0.2, 0.25) is 0 Å². The number of fused-ring (bicyclic) bond motifs is 1. The molecule has 2 aromatic rings. The van der Waals surface area contributed by atoms with E-state index in [9.17, 15) is 4.79 Å². The van der Waals surface area contributed by atoms with Crippen LogP contribution < -0.4 is 10.6 Å². The molecule has 0 spiro atoms. The third-order valence-corrected chi connectivity index (χ3v) is 4.13. The van der Waals surface area contributed by atoms with E-state index in [1.54, 1.807) is 16.8 Å². The molecule has 4 rings (SSSR count). The van der Waals surface area contributed by atoms with Gasteiger partial charge in [0.2, 0.25) is 0 Å². The summed E-state index contributed by atoms with van der Waals surface area (Å²) in [5.74, 6) is 1.24. The Balaban J connectivity index is 0.00000132. The van der Waals surface area contributed by atoms with Crippen molar-refractivity contribution in [2.45, 2.75) is 6.04 Å². The predicted octanol–water partition coefficient (Wildman–Crippen LogP) is 0.0317. The lowest BCUT2D eigenvalue weighted by molar-refractivity contribution is 0.0946. The van der Waals surface area contributed by atoms with Gasteiger partial charge in [0.1, 0.15) is 6.33 Å². The molecule has 1 aromatic heterocycles. The van der Waals surface area contributed by atoms with Crippen LogP contribution in [0.15, 0.2) is 30.6 Å². The van der Waals surface area contributed by atoms with Crippen LogP contribution in [0.5, 0.6) is 0 Å². The number of piperidine rings is 1. The molecule has 1 saturated carbocycles. The summed E-state index contributed by atoms with van der Waals surface area (Å²) in [6.07, 6.45) is 1.52. The van der Waals surface area contributed by atoms with E-state index in [1.807, 2.05) is 12.1 Å². The van der Waals surface area contributed by atoms with E-state index in [-0.39, 0.29) is 18.3 Å². The van der Waals surface area contributed by atoms with E-state index in [4.69, 9.17) is 0 Å². The van der Waals surface area contributed by atoms with Crippen molar-refractivity contribution < 1.29 is 4.79 Å². The number of amides is 1. The van der Waals surface area contributed by atoms with Gasteiger partial charge in [-0.05, 0) is 46.5 Å². The van der Waals surface area contributed by atoms with Gasteiger partial charge in [0, 0.05) is 24.7 Å². The van der Waals surface area contributed by atoms with Gasteiger partial charge in [0.25, 0.3) is 5.91 Å². The molecular formula is C13H15ClN6O. The molecule has 2 N–H and O–H groups in total. The van der Waals surface area contributed by atoms with Crippen molar-refractivity contribution in [1.82, 2.24) is 30.8 Å². The van der Waals surface area contributed by atoms with E-state index in [0.29, 0.717) is 23.4 Å². The van der Waals surface area contributed by atoms with Gasteiger partial charge < -0.3 is 10.6 Å². The minimum atomic E-state index is -0.00679. The van der Waals surface area contributed by atoms with Crippen molar-refractivity contribution in [3.05, 3.63) is 36.2 Å². The molecule has 2 fully saturated rings. The summed E-state index contributed by atoms with van der Waals surface area (Å²) in [7, 11) is 0. The fourth-order valence-electron chi connectivity index (χ4n) is 2.91. The zero-order valence-electron chi connectivity index (χ0n) is 11.1. The number of carbonyl (C=O) groups excluding carboxylic acids is 1. The molecule has 2 unspecified atom stereocenters. The molecule has 21 heavy (non-hydrogen) atoms. The molecule has 1 aliphatic heterocycles. The maximum Gasteiger partial charge on any atom is 0.251 e. The minimum absolute atomic E-state index is 0. The highest BCUT2D eigenvalue weighted by atomic mass is 35.5. The number of tetrazole rings is 1. The Morgan fingerprint density at radius 2 is 1.95 bits per heavy atom.